The predicted molar refractivity (Wildman–Crippen MR) is 140 cm³/mol. The normalized spacial score (nSPS) is 18.9. The highest BCUT2D eigenvalue weighted by Gasteiger charge is 2.49. The second-order valence-corrected chi connectivity index (χ2v) is 11.9. The molecule has 0 aliphatic heterocycles. The van der Waals surface area contributed by atoms with E-state index < -0.39 is 46.3 Å². The van der Waals surface area contributed by atoms with Crippen LogP contribution in [-0.4, -0.2) is 46.0 Å². The summed E-state index contributed by atoms with van der Waals surface area (Å²) in [4.78, 5) is 38.2. The van der Waals surface area contributed by atoms with Gasteiger partial charge in [-0.25, -0.2) is 9.59 Å². The molecule has 2 N–H and O–H groups in total. The molecule has 0 fully saturated rings. The van der Waals surface area contributed by atoms with Gasteiger partial charge in [0.25, 0.3) is 0 Å². The molecule has 0 aromatic heterocycles. The molecule has 2 rings (SSSR count). The van der Waals surface area contributed by atoms with Crippen LogP contribution >= 0.6 is 0 Å². The van der Waals surface area contributed by atoms with Gasteiger partial charge in [0.05, 0.1) is 5.41 Å². The molecule has 1 aliphatic rings. The molecule has 37 heavy (non-hydrogen) atoms. The Morgan fingerprint density at radius 3 is 2.08 bits per heavy atom. The Kier molecular flexibility index (Phi) is 9.36. The van der Waals surface area contributed by atoms with E-state index in [-0.39, 0.29) is 19.4 Å². The van der Waals surface area contributed by atoms with Crippen LogP contribution in [0.1, 0.15) is 73.8 Å². The van der Waals surface area contributed by atoms with Gasteiger partial charge in [-0.1, -0.05) is 48.6 Å². The molecule has 0 bridgehead atoms. The second-order valence-electron chi connectivity index (χ2n) is 11.9. The molecular formula is C29H41NO7. The van der Waals surface area contributed by atoms with E-state index in [2.05, 4.69) is 5.32 Å². The van der Waals surface area contributed by atoms with E-state index in [0.29, 0.717) is 5.57 Å². The molecule has 0 heterocycles. The van der Waals surface area contributed by atoms with Crippen LogP contribution < -0.4 is 5.32 Å². The Bertz CT molecular complexity index is 1030. The minimum Gasteiger partial charge on any atom is -0.459 e. The minimum atomic E-state index is -1.48. The van der Waals surface area contributed by atoms with Gasteiger partial charge in [-0.2, -0.15) is 0 Å². The van der Waals surface area contributed by atoms with E-state index >= 15 is 0 Å². The Morgan fingerprint density at radius 1 is 0.973 bits per heavy atom. The van der Waals surface area contributed by atoms with Gasteiger partial charge < -0.3 is 24.6 Å². The van der Waals surface area contributed by atoms with Crippen LogP contribution in [0.4, 0.5) is 4.79 Å². The fourth-order valence-corrected chi connectivity index (χ4v) is 3.57. The SMILES string of the molecule is CC(C)(C)OC(=O)[C@H](CC1=CCC(O)(C(C)(C)C(=O)OC(C)(C)C)C=C1)NC(=O)OCc1ccccc1. The van der Waals surface area contributed by atoms with Crippen molar-refractivity contribution in [3.8, 4) is 0 Å². The quantitative estimate of drug-likeness (QED) is 0.370. The summed E-state index contributed by atoms with van der Waals surface area (Å²) >= 11 is 0. The van der Waals surface area contributed by atoms with E-state index in [1.165, 1.54) is 0 Å². The zero-order valence-electron chi connectivity index (χ0n) is 23.2. The molecule has 1 unspecified atom stereocenters. The number of benzene rings is 1. The largest absolute Gasteiger partial charge is 0.459 e. The zero-order valence-corrected chi connectivity index (χ0v) is 23.2. The van der Waals surface area contributed by atoms with Gasteiger partial charge in [0, 0.05) is 6.42 Å². The Morgan fingerprint density at radius 2 is 1.57 bits per heavy atom. The Hall–Kier alpha value is -3.13. The van der Waals surface area contributed by atoms with Gasteiger partial charge in [-0.15, -0.1) is 0 Å². The molecule has 1 amide bonds. The van der Waals surface area contributed by atoms with Gasteiger partial charge in [0.2, 0.25) is 0 Å². The third kappa shape index (κ3) is 9.04. The monoisotopic (exact) mass is 515 g/mol. The van der Waals surface area contributed by atoms with Crippen LogP contribution in [0, 0.1) is 5.41 Å². The highest BCUT2D eigenvalue weighted by atomic mass is 16.6. The number of nitrogens with one attached hydrogen (secondary N) is 1. The van der Waals surface area contributed by atoms with Crippen molar-refractivity contribution < 1.29 is 33.7 Å². The van der Waals surface area contributed by atoms with E-state index in [1.54, 1.807) is 73.6 Å². The molecule has 2 atom stereocenters. The van der Waals surface area contributed by atoms with Crippen molar-refractivity contribution in [2.75, 3.05) is 0 Å². The zero-order chi connectivity index (χ0) is 28.1. The number of amides is 1. The van der Waals surface area contributed by atoms with Crippen LogP contribution in [0.3, 0.4) is 0 Å². The van der Waals surface area contributed by atoms with E-state index in [9.17, 15) is 19.5 Å². The summed E-state index contributed by atoms with van der Waals surface area (Å²) in [6, 6.07) is 8.19. The fraction of sp³-hybridized carbons (Fsp3) is 0.552. The molecule has 0 saturated carbocycles. The van der Waals surface area contributed by atoms with Gasteiger partial charge in [0.1, 0.15) is 29.5 Å². The molecule has 0 spiro atoms. The average molecular weight is 516 g/mol. The molecular weight excluding hydrogens is 474 g/mol. The highest BCUT2D eigenvalue weighted by Crippen LogP contribution is 2.40. The third-order valence-corrected chi connectivity index (χ3v) is 5.88. The van der Waals surface area contributed by atoms with Crippen molar-refractivity contribution in [2.45, 2.75) is 97.7 Å². The number of hydrogen-bond donors (Lipinski definition) is 2. The molecule has 8 heteroatoms. The molecule has 1 aromatic rings. The molecule has 1 aliphatic carbocycles. The Labute approximate surface area is 220 Å². The molecule has 8 nitrogen and oxygen atoms in total. The maximum Gasteiger partial charge on any atom is 0.408 e. The standard InChI is InChI=1S/C29H41NO7/c1-26(2,3)36-23(31)22(30-25(33)35-19-21-12-10-9-11-13-21)18-20-14-16-29(34,17-15-20)28(7,8)24(32)37-27(4,5)6/h9-16,22,34H,17-19H2,1-8H3,(H,30,33)/t22-,29?/m0/s1. The van der Waals surface area contributed by atoms with Crippen molar-refractivity contribution in [1.29, 1.82) is 0 Å². The highest BCUT2D eigenvalue weighted by molar-refractivity contribution is 5.82. The number of esters is 2. The number of ether oxygens (including phenoxy) is 3. The van der Waals surface area contributed by atoms with Crippen LogP contribution in [-0.2, 0) is 30.4 Å². The lowest BCUT2D eigenvalue weighted by Crippen LogP contribution is -2.51. The smallest absolute Gasteiger partial charge is 0.408 e. The molecule has 204 valence electrons. The molecule has 0 saturated heterocycles. The number of alkyl carbamates (subject to hydrolysis) is 1. The first-order valence-electron chi connectivity index (χ1n) is 12.5. The number of aliphatic hydroxyl groups is 1. The minimum absolute atomic E-state index is 0.0586. The summed E-state index contributed by atoms with van der Waals surface area (Å²) in [5.41, 5.74) is -2.63. The number of carbonyl (C=O) groups is 3. The van der Waals surface area contributed by atoms with E-state index in [1.807, 2.05) is 30.3 Å². The van der Waals surface area contributed by atoms with Gasteiger partial charge in [-0.3, -0.25) is 4.79 Å². The second kappa shape index (κ2) is 11.5. The first-order chi connectivity index (χ1) is 16.9. The fourth-order valence-electron chi connectivity index (χ4n) is 3.57. The van der Waals surface area contributed by atoms with Gasteiger partial charge in [-0.05, 0) is 72.9 Å². The summed E-state index contributed by atoms with van der Waals surface area (Å²) in [6.07, 6.45) is 4.46. The Balaban J connectivity index is 2.12. The topological polar surface area (TPSA) is 111 Å². The lowest BCUT2D eigenvalue weighted by atomic mass is 9.70. The molecule has 1 aromatic carbocycles. The summed E-state index contributed by atoms with van der Waals surface area (Å²) in [5, 5.41) is 13.9. The number of rotatable bonds is 8. The number of carbonyl (C=O) groups excluding carboxylic acids is 3. The summed E-state index contributed by atoms with van der Waals surface area (Å²) in [6.45, 7) is 13.9. The van der Waals surface area contributed by atoms with Crippen LogP contribution in [0.15, 0.2) is 54.1 Å². The van der Waals surface area contributed by atoms with Gasteiger partial charge in [0.15, 0.2) is 0 Å². The third-order valence-electron chi connectivity index (χ3n) is 5.88. The summed E-state index contributed by atoms with van der Waals surface area (Å²) < 4.78 is 16.3. The number of hydrogen-bond acceptors (Lipinski definition) is 7. The number of allylic oxidation sites excluding steroid dienone is 1. The summed E-state index contributed by atoms with van der Waals surface area (Å²) in [7, 11) is 0. The average Bonchev–Trinajstić information content (AvgIpc) is 2.77. The lowest BCUT2D eigenvalue weighted by molar-refractivity contribution is -0.177. The first-order valence-corrected chi connectivity index (χ1v) is 12.5. The predicted octanol–water partition coefficient (Wildman–Crippen LogP) is 5.00. The molecule has 0 radical (unpaired) electrons. The van der Waals surface area contributed by atoms with Crippen molar-refractivity contribution in [3.05, 3.63) is 59.7 Å². The van der Waals surface area contributed by atoms with Gasteiger partial charge >= 0.3 is 18.0 Å². The maximum atomic E-state index is 12.9. The summed E-state index contributed by atoms with van der Waals surface area (Å²) in [5.74, 6) is -1.12. The maximum absolute atomic E-state index is 12.9. The first kappa shape index (κ1) is 30.1. The van der Waals surface area contributed by atoms with Crippen molar-refractivity contribution in [1.82, 2.24) is 5.32 Å². The van der Waals surface area contributed by atoms with E-state index in [4.69, 9.17) is 14.2 Å². The lowest BCUT2D eigenvalue weighted by Gasteiger charge is -2.41. The van der Waals surface area contributed by atoms with Crippen molar-refractivity contribution >= 4 is 18.0 Å². The van der Waals surface area contributed by atoms with Crippen LogP contribution in [0.25, 0.3) is 0 Å². The van der Waals surface area contributed by atoms with Crippen molar-refractivity contribution in [3.63, 3.8) is 0 Å². The van der Waals surface area contributed by atoms with E-state index in [0.717, 1.165) is 5.56 Å². The van der Waals surface area contributed by atoms with Crippen molar-refractivity contribution in [2.24, 2.45) is 5.41 Å². The van der Waals surface area contributed by atoms with Crippen LogP contribution in [0.5, 0.6) is 0 Å². The van der Waals surface area contributed by atoms with Crippen LogP contribution in [0.2, 0.25) is 0 Å².